The summed E-state index contributed by atoms with van der Waals surface area (Å²) in [5, 5.41) is 0.984. The number of anilines is 1. The number of benzene rings is 1. The first kappa shape index (κ1) is 13.0. The van der Waals surface area contributed by atoms with Gasteiger partial charge in [-0.3, -0.25) is 0 Å². The predicted octanol–water partition coefficient (Wildman–Crippen LogP) is 4.14. The Morgan fingerprint density at radius 1 is 1.17 bits per heavy atom. The first-order valence-corrected chi connectivity index (χ1v) is 6.74. The molecule has 1 heterocycles. The second-order valence-corrected chi connectivity index (χ2v) is 5.74. The van der Waals surface area contributed by atoms with E-state index in [1.807, 2.05) is 31.1 Å². The quantitative estimate of drug-likeness (QED) is 0.828. The van der Waals surface area contributed by atoms with Gasteiger partial charge in [-0.1, -0.05) is 37.3 Å². The standard InChI is InChI=1S/C14H17FN2S/c1-9(2)12-13(18-14(16-12)17(3)4)10-5-7-11(15)8-6-10/h5-9H,1-4H3. The normalized spacial score (nSPS) is 11.0. The van der Waals surface area contributed by atoms with Crippen LogP contribution in [-0.2, 0) is 0 Å². The summed E-state index contributed by atoms with van der Waals surface area (Å²) in [5.74, 6) is 0.150. The van der Waals surface area contributed by atoms with Gasteiger partial charge in [-0.05, 0) is 23.6 Å². The van der Waals surface area contributed by atoms with Gasteiger partial charge in [-0.2, -0.15) is 0 Å². The summed E-state index contributed by atoms with van der Waals surface area (Å²) in [6.45, 7) is 4.25. The molecule has 0 spiro atoms. The minimum atomic E-state index is -0.206. The average Bonchev–Trinajstić information content (AvgIpc) is 2.75. The van der Waals surface area contributed by atoms with Crippen molar-refractivity contribution in [1.82, 2.24) is 4.98 Å². The van der Waals surface area contributed by atoms with Crippen LogP contribution in [0.25, 0.3) is 10.4 Å². The molecule has 2 rings (SSSR count). The van der Waals surface area contributed by atoms with E-state index in [1.54, 1.807) is 11.3 Å². The van der Waals surface area contributed by atoms with Crippen LogP contribution in [0, 0.1) is 5.82 Å². The van der Waals surface area contributed by atoms with E-state index in [1.165, 1.54) is 12.1 Å². The Hall–Kier alpha value is -1.42. The average molecular weight is 264 g/mol. The highest BCUT2D eigenvalue weighted by molar-refractivity contribution is 7.19. The van der Waals surface area contributed by atoms with Crippen LogP contribution in [0.4, 0.5) is 9.52 Å². The summed E-state index contributed by atoms with van der Waals surface area (Å²) in [6, 6.07) is 6.62. The van der Waals surface area contributed by atoms with Crippen molar-refractivity contribution in [2.24, 2.45) is 0 Å². The summed E-state index contributed by atoms with van der Waals surface area (Å²) >= 11 is 1.65. The van der Waals surface area contributed by atoms with Gasteiger partial charge >= 0.3 is 0 Å². The van der Waals surface area contributed by atoms with Crippen LogP contribution in [0.1, 0.15) is 25.5 Å². The molecule has 0 amide bonds. The van der Waals surface area contributed by atoms with Gasteiger partial charge in [0.2, 0.25) is 0 Å². The van der Waals surface area contributed by atoms with E-state index < -0.39 is 0 Å². The van der Waals surface area contributed by atoms with Crippen LogP contribution in [-0.4, -0.2) is 19.1 Å². The monoisotopic (exact) mass is 264 g/mol. The van der Waals surface area contributed by atoms with Crippen LogP contribution >= 0.6 is 11.3 Å². The molecular formula is C14H17FN2S. The molecule has 4 heteroatoms. The van der Waals surface area contributed by atoms with E-state index in [0.29, 0.717) is 5.92 Å². The summed E-state index contributed by atoms with van der Waals surface area (Å²) in [5.41, 5.74) is 2.11. The van der Waals surface area contributed by atoms with Crippen molar-refractivity contribution in [2.75, 3.05) is 19.0 Å². The molecule has 0 N–H and O–H groups in total. The Balaban J connectivity index is 2.51. The molecule has 0 aliphatic heterocycles. The fourth-order valence-corrected chi connectivity index (χ4v) is 2.86. The predicted molar refractivity (Wildman–Crippen MR) is 75.9 cm³/mol. The van der Waals surface area contributed by atoms with E-state index in [4.69, 9.17) is 0 Å². The minimum Gasteiger partial charge on any atom is -0.354 e. The molecule has 96 valence electrons. The van der Waals surface area contributed by atoms with Crippen molar-refractivity contribution >= 4 is 16.5 Å². The fourth-order valence-electron chi connectivity index (χ4n) is 1.71. The number of thiazole rings is 1. The molecule has 0 fully saturated rings. The number of halogens is 1. The Labute approximate surface area is 111 Å². The Morgan fingerprint density at radius 3 is 2.28 bits per heavy atom. The zero-order valence-electron chi connectivity index (χ0n) is 11.1. The van der Waals surface area contributed by atoms with Gasteiger partial charge in [0.05, 0.1) is 10.6 Å². The third kappa shape index (κ3) is 2.53. The number of aromatic nitrogens is 1. The molecule has 0 radical (unpaired) electrons. The van der Waals surface area contributed by atoms with Gasteiger partial charge in [-0.25, -0.2) is 9.37 Å². The molecule has 0 aliphatic carbocycles. The third-order valence-electron chi connectivity index (χ3n) is 2.68. The van der Waals surface area contributed by atoms with E-state index in [-0.39, 0.29) is 5.82 Å². The van der Waals surface area contributed by atoms with Crippen molar-refractivity contribution < 1.29 is 4.39 Å². The van der Waals surface area contributed by atoms with Crippen molar-refractivity contribution in [2.45, 2.75) is 19.8 Å². The topological polar surface area (TPSA) is 16.1 Å². The van der Waals surface area contributed by atoms with Gasteiger partial charge < -0.3 is 4.90 Å². The number of hydrogen-bond acceptors (Lipinski definition) is 3. The van der Waals surface area contributed by atoms with Gasteiger partial charge in [-0.15, -0.1) is 0 Å². The maximum atomic E-state index is 13.0. The van der Waals surface area contributed by atoms with E-state index in [2.05, 4.69) is 18.8 Å². The van der Waals surface area contributed by atoms with Crippen LogP contribution in [0.5, 0.6) is 0 Å². The summed E-state index contributed by atoms with van der Waals surface area (Å²) in [6.07, 6.45) is 0. The Bertz CT molecular complexity index is 529. The smallest absolute Gasteiger partial charge is 0.185 e. The second-order valence-electron chi connectivity index (χ2n) is 4.77. The summed E-state index contributed by atoms with van der Waals surface area (Å²) < 4.78 is 13.0. The summed E-state index contributed by atoms with van der Waals surface area (Å²) in [4.78, 5) is 7.80. The molecule has 2 aromatic rings. The molecule has 0 aliphatic rings. The lowest BCUT2D eigenvalue weighted by molar-refractivity contribution is 0.628. The van der Waals surface area contributed by atoms with Gasteiger partial charge in [0.1, 0.15) is 5.82 Å². The Kier molecular flexibility index (Phi) is 3.66. The first-order chi connectivity index (χ1) is 8.49. The molecule has 0 bridgehead atoms. The van der Waals surface area contributed by atoms with Gasteiger partial charge in [0, 0.05) is 14.1 Å². The molecule has 0 saturated carbocycles. The SMILES string of the molecule is CC(C)c1nc(N(C)C)sc1-c1ccc(F)cc1. The molecular weight excluding hydrogens is 247 g/mol. The largest absolute Gasteiger partial charge is 0.354 e. The molecule has 0 unspecified atom stereocenters. The van der Waals surface area contributed by atoms with Gasteiger partial charge in [0.25, 0.3) is 0 Å². The van der Waals surface area contributed by atoms with Gasteiger partial charge in [0.15, 0.2) is 5.13 Å². The molecule has 0 saturated heterocycles. The van der Waals surface area contributed by atoms with Crippen molar-refractivity contribution in [3.05, 3.63) is 35.8 Å². The van der Waals surface area contributed by atoms with Crippen LogP contribution in [0.2, 0.25) is 0 Å². The molecule has 18 heavy (non-hydrogen) atoms. The highest BCUT2D eigenvalue weighted by Gasteiger charge is 2.16. The number of rotatable bonds is 3. The van der Waals surface area contributed by atoms with Crippen LogP contribution < -0.4 is 4.90 Å². The lowest BCUT2D eigenvalue weighted by Crippen LogP contribution is -2.08. The highest BCUT2D eigenvalue weighted by Crippen LogP contribution is 2.37. The summed E-state index contributed by atoms with van der Waals surface area (Å²) in [7, 11) is 3.97. The molecule has 1 aromatic heterocycles. The van der Waals surface area contributed by atoms with Crippen molar-refractivity contribution in [3.8, 4) is 10.4 Å². The first-order valence-electron chi connectivity index (χ1n) is 5.93. The zero-order chi connectivity index (χ0) is 13.3. The third-order valence-corrected chi connectivity index (χ3v) is 3.97. The highest BCUT2D eigenvalue weighted by atomic mass is 32.1. The van der Waals surface area contributed by atoms with Crippen LogP contribution in [0.3, 0.4) is 0 Å². The van der Waals surface area contributed by atoms with Crippen molar-refractivity contribution in [3.63, 3.8) is 0 Å². The number of hydrogen-bond donors (Lipinski definition) is 0. The molecule has 1 aromatic carbocycles. The lowest BCUT2D eigenvalue weighted by Gasteiger charge is -2.06. The van der Waals surface area contributed by atoms with E-state index in [9.17, 15) is 4.39 Å². The maximum Gasteiger partial charge on any atom is 0.185 e. The minimum absolute atomic E-state index is 0.206. The number of nitrogens with zero attached hydrogens (tertiary/aromatic N) is 2. The van der Waals surface area contributed by atoms with E-state index in [0.717, 1.165) is 21.3 Å². The second kappa shape index (κ2) is 5.06. The van der Waals surface area contributed by atoms with Crippen LogP contribution in [0.15, 0.2) is 24.3 Å². The fraction of sp³-hybridized carbons (Fsp3) is 0.357. The van der Waals surface area contributed by atoms with E-state index >= 15 is 0 Å². The maximum absolute atomic E-state index is 13.0. The lowest BCUT2D eigenvalue weighted by atomic mass is 10.1. The molecule has 2 nitrogen and oxygen atoms in total. The molecule has 0 atom stereocenters. The zero-order valence-corrected chi connectivity index (χ0v) is 11.9. The Morgan fingerprint density at radius 2 is 1.78 bits per heavy atom. The van der Waals surface area contributed by atoms with Crippen molar-refractivity contribution in [1.29, 1.82) is 0 Å².